The Morgan fingerprint density at radius 3 is 1.15 bits per heavy atom. The van der Waals surface area contributed by atoms with Crippen molar-refractivity contribution in [1.82, 2.24) is 5.32 Å². The fourth-order valence-electron chi connectivity index (χ4n) is 9.20. The predicted molar refractivity (Wildman–Crippen MR) is 287 cm³/mol. The number of rotatable bonds is 55. The van der Waals surface area contributed by atoms with Crippen molar-refractivity contribution >= 4 is 11.9 Å². The molecule has 2 atom stereocenters. The molecule has 390 valence electrons. The zero-order valence-corrected chi connectivity index (χ0v) is 44.4. The number of aliphatic hydroxyl groups is 2. The summed E-state index contributed by atoms with van der Waals surface area (Å²) in [5.74, 6) is -0.0635. The topological polar surface area (TPSA) is 95.9 Å². The van der Waals surface area contributed by atoms with Gasteiger partial charge in [-0.1, -0.05) is 269 Å². The van der Waals surface area contributed by atoms with Crippen LogP contribution in [0.3, 0.4) is 0 Å². The Morgan fingerprint density at radius 2 is 0.758 bits per heavy atom. The molecular weight excluding hydrogens is 815 g/mol. The Hall–Kier alpha value is -1.66. The van der Waals surface area contributed by atoms with E-state index in [1.165, 1.54) is 205 Å². The first-order valence-corrected chi connectivity index (χ1v) is 29.6. The van der Waals surface area contributed by atoms with Crippen LogP contribution in [-0.2, 0) is 14.3 Å². The van der Waals surface area contributed by atoms with Gasteiger partial charge in [-0.3, -0.25) is 9.59 Å². The minimum atomic E-state index is -0.675. The van der Waals surface area contributed by atoms with E-state index in [0.717, 1.165) is 83.5 Å². The van der Waals surface area contributed by atoms with Crippen LogP contribution in [-0.4, -0.2) is 47.4 Å². The molecule has 0 radical (unpaired) electrons. The maximum atomic E-state index is 12.5. The fraction of sp³-hybridized carbons (Fsp3) is 0.900. The van der Waals surface area contributed by atoms with E-state index in [1.807, 2.05) is 0 Å². The van der Waals surface area contributed by atoms with Gasteiger partial charge in [0.15, 0.2) is 0 Å². The van der Waals surface area contributed by atoms with Gasteiger partial charge in [0.05, 0.1) is 25.4 Å². The second-order valence-electron chi connectivity index (χ2n) is 20.3. The van der Waals surface area contributed by atoms with Crippen LogP contribution in [0, 0.1) is 0 Å². The van der Waals surface area contributed by atoms with E-state index in [9.17, 15) is 19.8 Å². The summed E-state index contributed by atoms with van der Waals surface area (Å²) in [6.45, 7) is 4.92. The molecule has 0 saturated heterocycles. The molecule has 6 heteroatoms. The predicted octanol–water partition coefficient (Wildman–Crippen LogP) is 18.2. The number of hydrogen-bond acceptors (Lipinski definition) is 5. The zero-order chi connectivity index (χ0) is 47.9. The van der Waals surface area contributed by atoms with Crippen molar-refractivity contribution in [2.24, 2.45) is 0 Å². The number of unbranched alkanes of at least 4 members (excludes halogenated alkanes) is 40. The van der Waals surface area contributed by atoms with E-state index in [0.29, 0.717) is 25.9 Å². The Bertz CT molecular complexity index is 1030. The fourth-order valence-corrected chi connectivity index (χ4v) is 9.20. The standard InChI is InChI=1S/C60H115NO5/c1-3-5-7-9-11-13-15-16-17-18-19-20-21-23-26-29-33-36-40-44-48-52-58(63)57(56-62)61-59(64)53-49-45-41-37-34-30-27-24-22-25-28-31-35-39-43-47-51-55-66-60(65)54-50-46-42-38-32-14-12-10-8-6-4-2/h22,25,31,35,57-58,62-63H,3-21,23-24,26-30,32-34,36-56H2,1-2H3,(H,61,64)/b25-22-,35-31-. The quantitative estimate of drug-likeness (QED) is 0.0321. The second-order valence-corrected chi connectivity index (χ2v) is 20.3. The number of carbonyl (C=O) groups excluding carboxylic acids is 2. The summed E-state index contributed by atoms with van der Waals surface area (Å²) in [5, 5.41) is 23.3. The number of nitrogens with one attached hydrogen (secondary N) is 1. The third-order valence-electron chi connectivity index (χ3n) is 13.8. The zero-order valence-electron chi connectivity index (χ0n) is 44.4. The summed E-state index contributed by atoms with van der Waals surface area (Å²) in [5.41, 5.74) is 0. The molecule has 0 bridgehead atoms. The molecule has 0 aliphatic rings. The minimum absolute atomic E-state index is 0.0153. The third kappa shape index (κ3) is 51.7. The van der Waals surface area contributed by atoms with E-state index < -0.39 is 12.1 Å². The molecule has 66 heavy (non-hydrogen) atoms. The average Bonchev–Trinajstić information content (AvgIpc) is 3.32. The van der Waals surface area contributed by atoms with Gasteiger partial charge < -0.3 is 20.3 Å². The molecule has 0 aliphatic carbocycles. The third-order valence-corrected chi connectivity index (χ3v) is 13.8. The summed E-state index contributed by atoms with van der Waals surface area (Å²) < 4.78 is 5.43. The molecule has 3 N–H and O–H groups in total. The molecular formula is C60H115NO5. The number of allylic oxidation sites excluding steroid dienone is 4. The highest BCUT2D eigenvalue weighted by Crippen LogP contribution is 2.17. The van der Waals surface area contributed by atoms with Crippen molar-refractivity contribution in [2.75, 3.05) is 13.2 Å². The van der Waals surface area contributed by atoms with Gasteiger partial charge in [0.25, 0.3) is 0 Å². The van der Waals surface area contributed by atoms with E-state index in [4.69, 9.17) is 4.74 Å². The Labute approximate surface area is 411 Å². The van der Waals surface area contributed by atoms with Gasteiger partial charge in [-0.15, -0.1) is 0 Å². The summed E-state index contributed by atoms with van der Waals surface area (Å²) in [7, 11) is 0. The molecule has 1 amide bonds. The summed E-state index contributed by atoms with van der Waals surface area (Å²) in [6, 6.07) is -0.554. The number of ether oxygens (including phenoxy) is 1. The van der Waals surface area contributed by atoms with E-state index >= 15 is 0 Å². The van der Waals surface area contributed by atoms with Gasteiger partial charge in [0.2, 0.25) is 5.91 Å². The van der Waals surface area contributed by atoms with Gasteiger partial charge in [0, 0.05) is 12.8 Å². The van der Waals surface area contributed by atoms with Crippen LogP contribution in [0.1, 0.15) is 322 Å². The van der Waals surface area contributed by atoms with Gasteiger partial charge in [-0.05, 0) is 64.2 Å². The van der Waals surface area contributed by atoms with Crippen molar-refractivity contribution < 1.29 is 24.5 Å². The summed E-state index contributed by atoms with van der Waals surface area (Å²) >= 11 is 0. The van der Waals surface area contributed by atoms with Crippen molar-refractivity contribution in [2.45, 2.75) is 334 Å². The Morgan fingerprint density at radius 1 is 0.424 bits per heavy atom. The number of carbonyl (C=O) groups is 2. The van der Waals surface area contributed by atoms with E-state index in [2.05, 4.69) is 43.5 Å². The number of aliphatic hydroxyl groups excluding tert-OH is 2. The Balaban J connectivity index is 3.49. The summed E-state index contributed by atoms with van der Waals surface area (Å²) in [6.07, 6.45) is 67.4. The molecule has 0 aromatic heterocycles. The molecule has 6 nitrogen and oxygen atoms in total. The van der Waals surface area contributed by atoms with Crippen LogP contribution >= 0.6 is 0 Å². The molecule has 0 fully saturated rings. The lowest BCUT2D eigenvalue weighted by Crippen LogP contribution is -2.45. The van der Waals surface area contributed by atoms with Crippen LogP contribution in [0.15, 0.2) is 24.3 Å². The second kappa shape index (κ2) is 55.9. The van der Waals surface area contributed by atoms with Crippen molar-refractivity contribution in [3.05, 3.63) is 24.3 Å². The normalized spacial score (nSPS) is 12.7. The van der Waals surface area contributed by atoms with Gasteiger partial charge in [-0.25, -0.2) is 0 Å². The smallest absolute Gasteiger partial charge is 0.305 e. The van der Waals surface area contributed by atoms with Gasteiger partial charge in [0.1, 0.15) is 0 Å². The first kappa shape index (κ1) is 64.3. The molecule has 0 rings (SSSR count). The van der Waals surface area contributed by atoms with Crippen LogP contribution in [0.5, 0.6) is 0 Å². The molecule has 0 saturated carbocycles. The molecule has 2 unspecified atom stereocenters. The van der Waals surface area contributed by atoms with Crippen LogP contribution < -0.4 is 5.32 Å². The maximum Gasteiger partial charge on any atom is 0.305 e. The molecule has 0 spiro atoms. The van der Waals surface area contributed by atoms with Gasteiger partial charge >= 0.3 is 5.97 Å². The van der Waals surface area contributed by atoms with Crippen LogP contribution in [0.25, 0.3) is 0 Å². The van der Waals surface area contributed by atoms with Crippen molar-refractivity contribution in [1.29, 1.82) is 0 Å². The van der Waals surface area contributed by atoms with E-state index in [-0.39, 0.29) is 18.5 Å². The Kier molecular flexibility index (Phi) is 54.5. The monoisotopic (exact) mass is 930 g/mol. The lowest BCUT2D eigenvalue weighted by Gasteiger charge is -2.22. The van der Waals surface area contributed by atoms with Gasteiger partial charge in [-0.2, -0.15) is 0 Å². The maximum absolute atomic E-state index is 12.5. The lowest BCUT2D eigenvalue weighted by atomic mass is 10.0. The number of amides is 1. The number of hydrogen-bond donors (Lipinski definition) is 3. The largest absolute Gasteiger partial charge is 0.466 e. The van der Waals surface area contributed by atoms with E-state index in [1.54, 1.807) is 0 Å². The molecule has 0 heterocycles. The highest BCUT2D eigenvalue weighted by atomic mass is 16.5. The van der Waals surface area contributed by atoms with Crippen LogP contribution in [0.2, 0.25) is 0 Å². The molecule has 0 aromatic carbocycles. The van der Waals surface area contributed by atoms with Crippen molar-refractivity contribution in [3.8, 4) is 0 Å². The molecule has 0 aromatic rings. The SMILES string of the molecule is CCCCCCCCCCCCCCCCCCCCCCCC(O)C(CO)NC(=O)CCCCCCCCC/C=C\C/C=C\CCCCCOC(=O)CCCCCCCCCCCCC. The first-order valence-electron chi connectivity index (χ1n) is 29.6. The molecule has 0 aliphatic heterocycles. The minimum Gasteiger partial charge on any atom is -0.466 e. The lowest BCUT2D eigenvalue weighted by molar-refractivity contribution is -0.143. The van der Waals surface area contributed by atoms with Crippen LogP contribution in [0.4, 0.5) is 0 Å². The van der Waals surface area contributed by atoms with Crippen molar-refractivity contribution in [3.63, 3.8) is 0 Å². The highest BCUT2D eigenvalue weighted by Gasteiger charge is 2.20. The average molecular weight is 931 g/mol. The first-order chi connectivity index (χ1) is 32.5. The number of esters is 1. The highest BCUT2D eigenvalue weighted by molar-refractivity contribution is 5.76. The summed E-state index contributed by atoms with van der Waals surface area (Å²) in [4.78, 5) is 24.5.